The standard InChI is InChI=1S/C51H41N/c1-3-17-45-42(4-2)50-48(51(45)46-26-13-11-24-43(46)44-25-12-14-27-47(44)51)28-16-29-49(50)52(41-34-31-39(32-35-41)37-20-9-6-10-21-37)40-23-15-22-38(30-33-40)36-18-7-5-8-19-36/h3-9,11-20,22-35,40H,1,10,21H2,2H3/b42-4+,45-17?. The molecule has 0 saturated heterocycles. The number of nitrogens with zero attached hydrogens (tertiary/aromatic N) is 1. The lowest BCUT2D eigenvalue weighted by Crippen LogP contribution is -2.29. The van der Waals surface area contributed by atoms with Crippen LogP contribution in [0.15, 0.2) is 200 Å². The Balaban J connectivity index is 1.27. The van der Waals surface area contributed by atoms with Crippen LogP contribution in [-0.4, -0.2) is 6.04 Å². The van der Waals surface area contributed by atoms with E-state index in [2.05, 4.69) is 200 Å². The topological polar surface area (TPSA) is 3.24 Å². The molecule has 1 unspecified atom stereocenters. The zero-order chi connectivity index (χ0) is 35.1. The van der Waals surface area contributed by atoms with E-state index in [0.717, 1.165) is 18.5 Å². The summed E-state index contributed by atoms with van der Waals surface area (Å²) in [4.78, 5) is 2.54. The van der Waals surface area contributed by atoms with E-state index in [1.165, 1.54) is 72.5 Å². The Morgan fingerprint density at radius 1 is 0.692 bits per heavy atom. The molecule has 5 aromatic rings. The summed E-state index contributed by atoms with van der Waals surface area (Å²) in [6.07, 6.45) is 26.8. The minimum Gasteiger partial charge on any atom is -0.330 e. The highest BCUT2D eigenvalue weighted by molar-refractivity contribution is 6.03. The Bertz CT molecular complexity index is 2380. The third kappa shape index (κ3) is 4.92. The SMILES string of the molecule is C=CC=C1/C(=C\C)c2c(N(c3ccc(C4=CC=CCC4)cc3)C3C=CC=C(c4ccccc4)C=C3)cccc2C12c1ccccc1-c1ccccc12. The van der Waals surface area contributed by atoms with Crippen LogP contribution in [0.4, 0.5) is 11.4 Å². The number of hydrogen-bond donors (Lipinski definition) is 0. The molecule has 0 saturated carbocycles. The Morgan fingerprint density at radius 2 is 1.40 bits per heavy atom. The molecule has 0 radical (unpaired) electrons. The monoisotopic (exact) mass is 667 g/mol. The van der Waals surface area contributed by atoms with E-state index in [4.69, 9.17) is 0 Å². The summed E-state index contributed by atoms with van der Waals surface area (Å²) in [5, 5.41) is 0. The minimum atomic E-state index is -0.456. The third-order valence-electron chi connectivity index (χ3n) is 11.2. The van der Waals surface area contributed by atoms with E-state index in [1.54, 1.807) is 0 Å². The van der Waals surface area contributed by atoms with Crippen LogP contribution in [-0.2, 0) is 5.41 Å². The van der Waals surface area contributed by atoms with Crippen molar-refractivity contribution in [3.8, 4) is 11.1 Å². The van der Waals surface area contributed by atoms with Gasteiger partial charge in [0.2, 0.25) is 0 Å². The molecule has 9 rings (SSSR count). The normalized spacial score (nSPS) is 19.2. The molecule has 1 nitrogen and oxygen atoms in total. The Hall–Kier alpha value is -6.18. The first-order valence-electron chi connectivity index (χ1n) is 18.4. The quantitative estimate of drug-likeness (QED) is 0.174. The number of anilines is 2. The second-order valence-electron chi connectivity index (χ2n) is 13.9. The second-order valence-corrected chi connectivity index (χ2v) is 13.9. The molecule has 0 aromatic heterocycles. The van der Waals surface area contributed by atoms with E-state index in [1.807, 2.05) is 6.08 Å². The fraction of sp³-hybridized carbons (Fsp3) is 0.0980. The lowest BCUT2D eigenvalue weighted by atomic mass is 9.70. The van der Waals surface area contributed by atoms with Crippen LogP contribution in [0.25, 0.3) is 27.8 Å². The van der Waals surface area contributed by atoms with Gasteiger partial charge in [-0.05, 0) is 99.2 Å². The summed E-state index contributed by atoms with van der Waals surface area (Å²) in [7, 11) is 0. The zero-order valence-corrected chi connectivity index (χ0v) is 29.5. The number of allylic oxidation sites excluding steroid dienone is 13. The van der Waals surface area contributed by atoms with Crippen molar-refractivity contribution in [3.05, 3.63) is 234 Å². The Morgan fingerprint density at radius 3 is 2.10 bits per heavy atom. The molecule has 0 fully saturated rings. The van der Waals surface area contributed by atoms with Crippen molar-refractivity contribution in [3.63, 3.8) is 0 Å². The van der Waals surface area contributed by atoms with Gasteiger partial charge in [0, 0.05) is 11.3 Å². The summed E-state index contributed by atoms with van der Waals surface area (Å²) in [6, 6.07) is 44.8. The molecule has 4 aliphatic carbocycles. The van der Waals surface area contributed by atoms with E-state index < -0.39 is 5.41 Å². The second kappa shape index (κ2) is 13.2. The predicted molar refractivity (Wildman–Crippen MR) is 222 cm³/mol. The fourth-order valence-electron chi connectivity index (χ4n) is 9.01. The van der Waals surface area contributed by atoms with Gasteiger partial charge in [0.15, 0.2) is 0 Å². The van der Waals surface area contributed by atoms with Crippen molar-refractivity contribution in [1.82, 2.24) is 0 Å². The van der Waals surface area contributed by atoms with Gasteiger partial charge in [0.1, 0.15) is 0 Å². The van der Waals surface area contributed by atoms with Gasteiger partial charge in [0.25, 0.3) is 0 Å². The maximum absolute atomic E-state index is 4.24. The number of rotatable bonds is 6. The predicted octanol–water partition coefficient (Wildman–Crippen LogP) is 13.0. The van der Waals surface area contributed by atoms with Crippen molar-refractivity contribution in [2.45, 2.75) is 31.2 Å². The molecular weight excluding hydrogens is 627 g/mol. The highest BCUT2D eigenvalue weighted by atomic mass is 15.2. The lowest BCUT2D eigenvalue weighted by molar-refractivity contribution is 0.793. The first-order chi connectivity index (χ1) is 25.7. The maximum atomic E-state index is 4.24. The molecule has 0 N–H and O–H groups in total. The van der Waals surface area contributed by atoms with Crippen molar-refractivity contribution >= 4 is 28.1 Å². The van der Waals surface area contributed by atoms with Crippen LogP contribution in [0.3, 0.4) is 0 Å². The highest BCUT2D eigenvalue weighted by Gasteiger charge is 2.54. The van der Waals surface area contributed by atoms with Gasteiger partial charge in [-0.2, -0.15) is 0 Å². The highest BCUT2D eigenvalue weighted by Crippen LogP contribution is 2.65. The third-order valence-corrected chi connectivity index (χ3v) is 11.2. The molecule has 250 valence electrons. The molecule has 0 aliphatic heterocycles. The van der Waals surface area contributed by atoms with Gasteiger partial charge in [-0.3, -0.25) is 0 Å². The number of fused-ring (bicyclic) bond motifs is 7. The first-order valence-corrected chi connectivity index (χ1v) is 18.4. The van der Waals surface area contributed by atoms with Crippen LogP contribution in [0.1, 0.15) is 53.1 Å². The lowest BCUT2D eigenvalue weighted by Gasteiger charge is -2.33. The van der Waals surface area contributed by atoms with Gasteiger partial charge < -0.3 is 4.90 Å². The van der Waals surface area contributed by atoms with Gasteiger partial charge in [0.05, 0.1) is 17.1 Å². The van der Waals surface area contributed by atoms with Gasteiger partial charge in [-0.15, -0.1) is 0 Å². The molecule has 5 aromatic carbocycles. The summed E-state index contributed by atoms with van der Waals surface area (Å²) >= 11 is 0. The summed E-state index contributed by atoms with van der Waals surface area (Å²) in [6.45, 7) is 6.43. The molecular formula is C51H41N. The maximum Gasteiger partial charge on any atom is 0.0726 e. The molecule has 0 bridgehead atoms. The van der Waals surface area contributed by atoms with Crippen molar-refractivity contribution in [1.29, 1.82) is 0 Å². The van der Waals surface area contributed by atoms with Crippen LogP contribution in [0.2, 0.25) is 0 Å². The van der Waals surface area contributed by atoms with E-state index >= 15 is 0 Å². The molecule has 1 spiro atoms. The molecule has 52 heavy (non-hydrogen) atoms. The van der Waals surface area contributed by atoms with E-state index in [9.17, 15) is 0 Å². The van der Waals surface area contributed by atoms with Gasteiger partial charge >= 0.3 is 0 Å². The Labute approximate surface area is 308 Å². The smallest absolute Gasteiger partial charge is 0.0726 e. The van der Waals surface area contributed by atoms with Crippen molar-refractivity contribution < 1.29 is 0 Å². The summed E-state index contributed by atoms with van der Waals surface area (Å²) in [5.74, 6) is 0. The van der Waals surface area contributed by atoms with Crippen LogP contribution in [0, 0.1) is 0 Å². The van der Waals surface area contributed by atoms with Crippen LogP contribution in [0.5, 0.6) is 0 Å². The average molecular weight is 668 g/mol. The molecule has 1 heteroatoms. The largest absolute Gasteiger partial charge is 0.330 e. The number of benzene rings is 5. The van der Waals surface area contributed by atoms with Gasteiger partial charge in [-0.1, -0.05) is 177 Å². The average Bonchev–Trinajstić information content (AvgIpc) is 3.52. The van der Waals surface area contributed by atoms with E-state index in [-0.39, 0.29) is 6.04 Å². The van der Waals surface area contributed by atoms with Gasteiger partial charge in [-0.25, -0.2) is 0 Å². The number of hydrogen-bond acceptors (Lipinski definition) is 1. The van der Waals surface area contributed by atoms with Crippen LogP contribution < -0.4 is 4.90 Å². The first kappa shape index (κ1) is 31.8. The minimum absolute atomic E-state index is 0.0312. The summed E-state index contributed by atoms with van der Waals surface area (Å²) < 4.78 is 0. The molecule has 4 aliphatic rings. The Kier molecular flexibility index (Phi) is 8.05. The van der Waals surface area contributed by atoms with Crippen molar-refractivity contribution in [2.75, 3.05) is 4.90 Å². The fourth-order valence-corrected chi connectivity index (χ4v) is 9.01. The molecule has 1 atom stereocenters. The van der Waals surface area contributed by atoms with Crippen LogP contribution >= 0.6 is 0 Å². The molecule has 0 heterocycles. The van der Waals surface area contributed by atoms with E-state index in [0.29, 0.717) is 0 Å². The molecule has 0 amide bonds. The van der Waals surface area contributed by atoms with Crippen molar-refractivity contribution in [2.24, 2.45) is 0 Å². The zero-order valence-electron chi connectivity index (χ0n) is 29.5. The summed E-state index contributed by atoms with van der Waals surface area (Å²) in [5.41, 5.74) is 17.4.